The van der Waals surface area contributed by atoms with E-state index in [0.717, 1.165) is 24.9 Å². The molecule has 1 heterocycles. The van der Waals surface area contributed by atoms with Gasteiger partial charge in [0.2, 0.25) is 0 Å². The lowest BCUT2D eigenvalue weighted by atomic mass is 9.79. The van der Waals surface area contributed by atoms with Gasteiger partial charge in [0.1, 0.15) is 6.61 Å². The largest absolute Gasteiger partial charge is 0.272 e. The fourth-order valence-electron chi connectivity index (χ4n) is 2.84. The number of benzene rings is 1. The summed E-state index contributed by atoms with van der Waals surface area (Å²) in [5, 5.41) is 1.54. The first-order valence-corrected chi connectivity index (χ1v) is 6.29. The number of nitrogens with zero attached hydrogens (tertiary/aromatic N) is 1. The fraction of sp³-hybridized carbons (Fsp3) is 0.500. The minimum Gasteiger partial charge on any atom is -0.272 e. The predicted molar refractivity (Wildman–Crippen MR) is 63.8 cm³/mol. The maximum absolute atomic E-state index is 12.0. The highest BCUT2D eigenvalue weighted by molar-refractivity contribution is 5.88. The van der Waals surface area contributed by atoms with Crippen molar-refractivity contribution in [2.75, 3.05) is 6.54 Å². The Morgan fingerprint density at radius 3 is 2.53 bits per heavy atom. The molecule has 0 aromatic heterocycles. The van der Waals surface area contributed by atoms with E-state index < -0.39 is 0 Å². The maximum atomic E-state index is 12.0. The maximum Gasteiger partial charge on any atom is 0.254 e. The third-order valence-electron chi connectivity index (χ3n) is 3.92. The summed E-state index contributed by atoms with van der Waals surface area (Å²) in [5.41, 5.74) is 1.06. The second-order valence-electron chi connectivity index (χ2n) is 5.09. The molecule has 1 aliphatic carbocycles. The van der Waals surface area contributed by atoms with Crippen molar-refractivity contribution in [3.8, 4) is 0 Å². The Labute approximate surface area is 101 Å². The van der Waals surface area contributed by atoms with Gasteiger partial charge >= 0.3 is 0 Å². The topological polar surface area (TPSA) is 29.5 Å². The van der Waals surface area contributed by atoms with Crippen LogP contribution in [0.4, 0.5) is 0 Å². The first kappa shape index (κ1) is 10.8. The summed E-state index contributed by atoms with van der Waals surface area (Å²) < 4.78 is 0. The third-order valence-corrected chi connectivity index (χ3v) is 3.92. The number of β-lactam (4-membered cyclic amide) rings is 1. The normalized spacial score (nSPS) is 21.9. The van der Waals surface area contributed by atoms with Crippen molar-refractivity contribution in [1.82, 2.24) is 5.06 Å². The third kappa shape index (κ3) is 1.84. The molecule has 2 aliphatic rings. The monoisotopic (exact) mass is 231 g/mol. The Kier molecular flexibility index (Phi) is 2.63. The standard InChI is InChI=1S/C14H17NO2/c16-13-14(8-4-5-9-14)11-15(13)17-10-12-6-2-1-3-7-12/h1-3,6-7H,4-5,8-11H2. The van der Waals surface area contributed by atoms with Gasteiger partial charge in [-0.05, 0) is 18.4 Å². The molecule has 0 bridgehead atoms. The first-order chi connectivity index (χ1) is 8.30. The summed E-state index contributed by atoms with van der Waals surface area (Å²) in [6.45, 7) is 1.28. The molecule has 17 heavy (non-hydrogen) atoms. The van der Waals surface area contributed by atoms with Gasteiger partial charge in [0.15, 0.2) is 0 Å². The van der Waals surface area contributed by atoms with Crippen LogP contribution in [-0.2, 0) is 16.2 Å². The molecule has 1 saturated carbocycles. The molecule has 1 saturated heterocycles. The van der Waals surface area contributed by atoms with E-state index in [1.165, 1.54) is 12.8 Å². The Morgan fingerprint density at radius 2 is 1.88 bits per heavy atom. The van der Waals surface area contributed by atoms with Gasteiger partial charge < -0.3 is 0 Å². The van der Waals surface area contributed by atoms with Crippen LogP contribution < -0.4 is 0 Å². The van der Waals surface area contributed by atoms with Gasteiger partial charge in [-0.1, -0.05) is 43.2 Å². The Morgan fingerprint density at radius 1 is 1.18 bits per heavy atom. The summed E-state index contributed by atoms with van der Waals surface area (Å²) in [6.07, 6.45) is 4.49. The molecule has 3 heteroatoms. The molecule has 2 fully saturated rings. The smallest absolute Gasteiger partial charge is 0.254 e. The van der Waals surface area contributed by atoms with Crippen LogP contribution >= 0.6 is 0 Å². The van der Waals surface area contributed by atoms with E-state index in [9.17, 15) is 4.79 Å². The molecule has 0 atom stereocenters. The summed E-state index contributed by atoms with van der Waals surface area (Å²) in [7, 11) is 0. The Hall–Kier alpha value is -1.35. The molecule has 3 nitrogen and oxygen atoms in total. The van der Waals surface area contributed by atoms with E-state index in [4.69, 9.17) is 4.84 Å². The lowest BCUT2D eigenvalue weighted by molar-refractivity contribution is -0.242. The van der Waals surface area contributed by atoms with Crippen molar-refractivity contribution in [1.29, 1.82) is 0 Å². The van der Waals surface area contributed by atoms with E-state index in [1.807, 2.05) is 30.3 Å². The van der Waals surface area contributed by atoms with E-state index in [0.29, 0.717) is 6.61 Å². The van der Waals surface area contributed by atoms with Crippen molar-refractivity contribution < 1.29 is 9.63 Å². The Balaban J connectivity index is 1.54. The van der Waals surface area contributed by atoms with Gasteiger partial charge in [-0.25, -0.2) is 5.06 Å². The number of amides is 1. The summed E-state index contributed by atoms with van der Waals surface area (Å²) in [6, 6.07) is 9.96. The van der Waals surface area contributed by atoms with Gasteiger partial charge in [0.25, 0.3) is 5.91 Å². The summed E-state index contributed by atoms with van der Waals surface area (Å²) >= 11 is 0. The van der Waals surface area contributed by atoms with E-state index in [1.54, 1.807) is 5.06 Å². The molecule has 1 aromatic rings. The number of rotatable bonds is 3. The molecule has 1 aromatic carbocycles. The van der Waals surface area contributed by atoms with Gasteiger partial charge in [0.05, 0.1) is 12.0 Å². The zero-order valence-corrected chi connectivity index (χ0v) is 9.89. The molecule has 0 radical (unpaired) electrons. The average Bonchev–Trinajstić information content (AvgIpc) is 2.87. The lowest BCUT2D eigenvalue weighted by Crippen LogP contribution is -2.59. The second-order valence-corrected chi connectivity index (χ2v) is 5.09. The molecular formula is C14H17NO2. The summed E-state index contributed by atoms with van der Waals surface area (Å²) in [5.74, 6) is 0.200. The van der Waals surface area contributed by atoms with Crippen molar-refractivity contribution in [2.24, 2.45) is 5.41 Å². The first-order valence-electron chi connectivity index (χ1n) is 6.29. The van der Waals surface area contributed by atoms with Crippen molar-refractivity contribution in [3.05, 3.63) is 35.9 Å². The number of hydrogen-bond donors (Lipinski definition) is 0. The lowest BCUT2D eigenvalue weighted by Gasteiger charge is -2.45. The van der Waals surface area contributed by atoms with Crippen LogP contribution in [0.5, 0.6) is 0 Å². The highest BCUT2D eigenvalue weighted by Crippen LogP contribution is 2.46. The van der Waals surface area contributed by atoms with Crippen molar-refractivity contribution >= 4 is 5.91 Å². The van der Waals surface area contributed by atoms with Crippen molar-refractivity contribution in [3.63, 3.8) is 0 Å². The number of carbonyl (C=O) groups excluding carboxylic acids is 1. The second kappa shape index (κ2) is 4.15. The van der Waals surface area contributed by atoms with Crippen LogP contribution in [0.2, 0.25) is 0 Å². The summed E-state index contributed by atoms with van der Waals surface area (Å²) in [4.78, 5) is 17.6. The fourth-order valence-corrected chi connectivity index (χ4v) is 2.84. The SMILES string of the molecule is O=C1N(OCc2ccccc2)CC12CCCC2. The molecule has 1 spiro atoms. The van der Waals surface area contributed by atoms with Gasteiger partial charge in [-0.3, -0.25) is 9.63 Å². The van der Waals surface area contributed by atoms with Gasteiger partial charge in [-0.15, -0.1) is 0 Å². The van der Waals surface area contributed by atoms with Crippen LogP contribution in [0, 0.1) is 5.41 Å². The number of carbonyl (C=O) groups is 1. The average molecular weight is 231 g/mol. The molecule has 1 amide bonds. The minimum atomic E-state index is -0.0450. The molecule has 1 aliphatic heterocycles. The number of hydrogen-bond acceptors (Lipinski definition) is 2. The highest BCUT2D eigenvalue weighted by atomic mass is 16.7. The quantitative estimate of drug-likeness (QED) is 0.748. The highest BCUT2D eigenvalue weighted by Gasteiger charge is 2.54. The molecule has 0 N–H and O–H groups in total. The molecular weight excluding hydrogens is 214 g/mol. The van der Waals surface area contributed by atoms with Crippen molar-refractivity contribution in [2.45, 2.75) is 32.3 Å². The number of hydroxylamine groups is 2. The predicted octanol–water partition coefficient (Wildman–Crippen LogP) is 2.52. The Bertz CT molecular complexity index is 409. The molecule has 90 valence electrons. The van der Waals surface area contributed by atoms with Crippen LogP contribution in [0.15, 0.2) is 30.3 Å². The van der Waals surface area contributed by atoms with Gasteiger partial charge in [0, 0.05) is 0 Å². The van der Waals surface area contributed by atoms with Crippen LogP contribution in [0.1, 0.15) is 31.2 Å². The van der Waals surface area contributed by atoms with Crippen LogP contribution in [-0.4, -0.2) is 17.5 Å². The van der Waals surface area contributed by atoms with E-state index in [-0.39, 0.29) is 11.3 Å². The molecule has 0 unspecified atom stereocenters. The van der Waals surface area contributed by atoms with Gasteiger partial charge in [-0.2, -0.15) is 0 Å². The van der Waals surface area contributed by atoms with Crippen LogP contribution in [0.3, 0.4) is 0 Å². The molecule has 3 rings (SSSR count). The van der Waals surface area contributed by atoms with Crippen LogP contribution in [0.25, 0.3) is 0 Å². The zero-order valence-electron chi connectivity index (χ0n) is 9.89. The van der Waals surface area contributed by atoms with E-state index >= 15 is 0 Å². The zero-order chi connectivity index (χ0) is 11.7. The van der Waals surface area contributed by atoms with E-state index in [2.05, 4.69) is 0 Å². The minimum absolute atomic E-state index is 0.0450.